The molecule has 1 aromatic carbocycles. The molecule has 0 saturated heterocycles. The van der Waals surface area contributed by atoms with Crippen molar-refractivity contribution in [1.29, 1.82) is 0 Å². The second-order valence-corrected chi connectivity index (χ2v) is 7.42. The van der Waals surface area contributed by atoms with Crippen LogP contribution in [-0.4, -0.2) is 31.6 Å². The molecule has 0 aromatic heterocycles. The average Bonchev–Trinajstić information content (AvgIpc) is 2.38. The van der Waals surface area contributed by atoms with Gasteiger partial charge in [-0.15, -0.1) is 0 Å². The summed E-state index contributed by atoms with van der Waals surface area (Å²) in [5, 5.41) is 8.80. The summed E-state index contributed by atoms with van der Waals surface area (Å²) in [7, 11) is -3.83. The van der Waals surface area contributed by atoms with Gasteiger partial charge in [-0.2, -0.15) is 11.8 Å². The van der Waals surface area contributed by atoms with Gasteiger partial charge in [-0.1, -0.05) is 11.6 Å². The maximum Gasteiger partial charge on any atom is 0.240 e. The Morgan fingerprint density at radius 3 is 2.70 bits per heavy atom. The predicted octanol–water partition coefficient (Wildman–Crippen LogP) is 2.39. The first-order valence-corrected chi connectivity index (χ1v) is 9.17. The number of hydrogen-bond donors (Lipinski definition) is 2. The Morgan fingerprint density at radius 2 is 2.15 bits per heavy atom. The lowest BCUT2D eigenvalue weighted by atomic mass is 10.2. The molecule has 0 aliphatic heterocycles. The minimum Gasteiger partial charge on any atom is -0.392 e. The van der Waals surface area contributed by atoms with Crippen LogP contribution in [0.1, 0.15) is 18.9 Å². The van der Waals surface area contributed by atoms with E-state index in [1.165, 1.54) is 6.07 Å². The van der Waals surface area contributed by atoms with Crippen molar-refractivity contribution in [1.82, 2.24) is 4.72 Å². The molecule has 1 unspecified atom stereocenters. The van der Waals surface area contributed by atoms with Crippen LogP contribution in [0.4, 0.5) is 4.39 Å². The average molecular weight is 342 g/mol. The van der Waals surface area contributed by atoms with E-state index in [1.54, 1.807) is 18.7 Å². The molecule has 114 valence electrons. The van der Waals surface area contributed by atoms with Crippen LogP contribution in [0.5, 0.6) is 0 Å². The summed E-state index contributed by atoms with van der Waals surface area (Å²) in [6.07, 6.45) is 2.60. The van der Waals surface area contributed by atoms with Gasteiger partial charge in [0, 0.05) is 11.6 Å². The van der Waals surface area contributed by atoms with Gasteiger partial charge in [0.1, 0.15) is 5.82 Å². The van der Waals surface area contributed by atoms with Crippen LogP contribution in [-0.2, 0) is 16.6 Å². The van der Waals surface area contributed by atoms with Gasteiger partial charge in [0.05, 0.1) is 16.5 Å². The molecule has 0 fully saturated rings. The largest absolute Gasteiger partial charge is 0.392 e. The Kier molecular flexibility index (Phi) is 6.74. The lowest BCUT2D eigenvalue weighted by molar-refractivity contribution is 0.281. The van der Waals surface area contributed by atoms with Crippen LogP contribution < -0.4 is 4.72 Å². The highest BCUT2D eigenvalue weighted by Gasteiger charge is 2.20. The SMILES string of the molecule is CSCCC(C)NS(=O)(=O)c1cc(F)c(Cl)c(CO)c1. The molecular weight excluding hydrogens is 325 g/mol. The summed E-state index contributed by atoms with van der Waals surface area (Å²) in [6.45, 7) is 1.22. The summed E-state index contributed by atoms with van der Waals surface area (Å²) in [6, 6.07) is 1.77. The second-order valence-electron chi connectivity index (χ2n) is 4.34. The van der Waals surface area contributed by atoms with Crippen LogP contribution in [0.2, 0.25) is 5.02 Å². The summed E-state index contributed by atoms with van der Waals surface area (Å²) >= 11 is 7.25. The number of aliphatic hydroxyl groups excluding tert-OH is 1. The zero-order chi connectivity index (χ0) is 15.3. The number of thioether (sulfide) groups is 1. The Morgan fingerprint density at radius 1 is 1.50 bits per heavy atom. The quantitative estimate of drug-likeness (QED) is 0.799. The van der Waals surface area contributed by atoms with Crippen molar-refractivity contribution < 1.29 is 17.9 Å². The van der Waals surface area contributed by atoms with Gasteiger partial charge in [0.25, 0.3) is 0 Å². The van der Waals surface area contributed by atoms with Gasteiger partial charge in [-0.25, -0.2) is 17.5 Å². The van der Waals surface area contributed by atoms with E-state index >= 15 is 0 Å². The van der Waals surface area contributed by atoms with Crippen LogP contribution >= 0.6 is 23.4 Å². The number of aliphatic hydroxyl groups is 1. The third kappa shape index (κ3) is 4.60. The minimum atomic E-state index is -3.83. The first-order valence-electron chi connectivity index (χ1n) is 5.92. The third-order valence-electron chi connectivity index (χ3n) is 2.67. The van der Waals surface area contributed by atoms with E-state index in [0.29, 0.717) is 6.42 Å². The van der Waals surface area contributed by atoms with Crippen LogP contribution in [0, 0.1) is 5.82 Å². The normalized spacial score (nSPS) is 13.4. The molecule has 0 heterocycles. The highest BCUT2D eigenvalue weighted by molar-refractivity contribution is 7.98. The minimum absolute atomic E-state index is 0.0452. The molecule has 8 heteroatoms. The Balaban J connectivity index is 3.01. The fourth-order valence-corrected chi connectivity index (χ4v) is 3.67. The molecule has 4 nitrogen and oxygen atoms in total. The number of rotatable bonds is 7. The maximum absolute atomic E-state index is 13.6. The zero-order valence-corrected chi connectivity index (χ0v) is 13.6. The molecular formula is C12H17ClFNO3S2. The van der Waals surface area contributed by atoms with Crippen molar-refractivity contribution in [2.75, 3.05) is 12.0 Å². The van der Waals surface area contributed by atoms with E-state index < -0.39 is 22.4 Å². The number of nitrogens with one attached hydrogen (secondary N) is 1. The van der Waals surface area contributed by atoms with E-state index in [1.807, 2.05) is 6.26 Å². The van der Waals surface area contributed by atoms with Crippen molar-refractivity contribution in [2.45, 2.75) is 30.9 Å². The first-order chi connectivity index (χ1) is 9.31. The standard InChI is InChI=1S/C12H17ClFNO3S2/c1-8(3-4-19-2)15-20(17,18)10-5-9(7-16)12(13)11(14)6-10/h5-6,8,15-16H,3-4,7H2,1-2H3. The van der Waals surface area contributed by atoms with Crippen LogP contribution in [0.15, 0.2) is 17.0 Å². The van der Waals surface area contributed by atoms with E-state index in [9.17, 15) is 12.8 Å². The number of benzene rings is 1. The molecule has 0 radical (unpaired) electrons. The van der Waals surface area contributed by atoms with Gasteiger partial charge >= 0.3 is 0 Å². The van der Waals surface area contributed by atoms with Crippen molar-refractivity contribution >= 4 is 33.4 Å². The molecule has 0 aliphatic rings. The first kappa shape index (κ1) is 17.7. The van der Waals surface area contributed by atoms with E-state index in [4.69, 9.17) is 16.7 Å². The smallest absolute Gasteiger partial charge is 0.240 e. The van der Waals surface area contributed by atoms with Crippen molar-refractivity contribution in [3.63, 3.8) is 0 Å². The van der Waals surface area contributed by atoms with Crippen LogP contribution in [0.25, 0.3) is 0 Å². The molecule has 20 heavy (non-hydrogen) atoms. The van der Waals surface area contributed by atoms with Gasteiger partial charge < -0.3 is 5.11 Å². The van der Waals surface area contributed by atoms with E-state index in [-0.39, 0.29) is 21.5 Å². The summed E-state index contributed by atoms with van der Waals surface area (Å²) in [5.74, 6) is -0.0454. The lowest BCUT2D eigenvalue weighted by Gasteiger charge is -2.14. The highest BCUT2D eigenvalue weighted by Crippen LogP contribution is 2.24. The molecule has 0 amide bonds. The Bertz CT molecular complexity index is 566. The summed E-state index contributed by atoms with van der Waals surface area (Å²) in [4.78, 5) is -0.237. The third-order valence-corrected chi connectivity index (χ3v) is 5.31. The second kappa shape index (κ2) is 7.61. The topological polar surface area (TPSA) is 66.4 Å². The molecule has 0 bridgehead atoms. The van der Waals surface area contributed by atoms with Gasteiger partial charge in [0.15, 0.2) is 0 Å². The molecule has 0 saturated carbocycles. The fraction of sp³-hybridized carbons (Fsp3) is 0.500. The van der Waals surface area contributed by atoms with Crippen molar-refractivity contribution in [3.8, 4) is 0 Å². The summed E-state index contributed by atoms with van der Waals surface area (Å²) in [5.41, 5.74) is 0.0452. The fourth-order valence-electron chi connectivity index (χ4n) is 1.58. The molecule has 1 aromatic rings. The lowest BCUT2D eigenvalue weighted by Crippen LogP contribution is -2.33. The zero-order valence-electron chi connectivity index (χ0n) is 11.2. The highest BCUT2D eigenvalue weighted by atomic mass is 35.5. The van der Waals surface area contributed by atoms with E-state index in [2.05, 4.69) is 4.72 Å². The Hall–Kier alpha value is -0.340. The van der Waals surface area contributed by atoms with Crippen LogP contribution in [0.3, 0.4) is 0 Å². The molecule has 0 spiro atoms. The van der Waals surface area contributed by atoms with Gasteiger partial charge in [-0.3, -0.25) is 0 Å². The number of halogens is 2. The van der Waals surface area contributed by atoms with Crippen molar-refractivity contribution in [3.05, 3.63) is 28.5 Å². The summed E-state index contributed by atoms with van der Waals surface area (Å²) < 4.78 is 40.3. The number of hydrogen-bond acceptors (Lipinski definition) is 4. The molecule has 0 aliphatic carbocycles. The Labute approximate surface area is 127 Å². The monoisotopic (exact) mass is 341 g/mol. The van der Waals surface area contributed by atoms with Crippen molar-refractivity contribution in [2.24, 2.45) is 0 Å². The molecule has 2 N–H and O–H groups in total. The number of sulfonamides is 1. The predicted molar refractivity (Wildman–Crippen MR) is 80.1 cm³/mol. The van der Waals surface area contributed by atoms with Gasteiger partial charge in [-0.05, 0) is 37.5 Å². The molecule has 1 atom stereocenters. The van der Waals surface area contributed by atoms with Gasteiger partial charge in [0.2, 0.25) is 10.0 Å². The molecule has 1 rings (SSSR count). The van der Waals surface area contributed by atoms with E-state index in [0.717, 1.165) is 11.8 Å². The maximum atomic E-state index is 13.6.